The van der Waals surface area contributed by atoms with E-state index >= 15 is 0 Å². The van der Waals surface area contributed by atoms with Gasteiger partial charge in [0.05, 0.1) is 0 Å². The van der Waals surface area contributed by atoms with Gasteiger partial charge in [0, 0.05) is 18.8 Å². The first-order valence-electron chi connectivity index (χ1n) is 6.96. The monoisotopic (exact) mass is 238 g/mol. The van der Waals surface area contributed by atoms with Crippen molar-refractivity contribution in [1.29, 1.82) is 0 Å². The lowest BCUT2D eigenvalue weighted by Crippen LogP contribution is -2.37. The van der Waals surface area contributed by atoms with Crippen molar-refractivity contribution < 1.29 is 0 Å². The minimum absolute atomic E-state index is 0.346. The van der Waals surface area contributed by atoms with Gasteiger partial charge in [-0.15, -0.1) is 0 Å². The van der Waals surface area contributed by atoms with Crippen LogP contribution in [0.2, 0.25) is 0 Å². The fourth-order valence-corrected chi connectivity index (χ4v) is 2.70. The van der Waals surface area contributed by atoms with E-state index in [0.717, 1.165) is 18.9 Å². The van der Waals surface area contributed by atoms with Crippen LogP contribution in [0.4, 0.5) is 0 Å². The molecular weight excluding hydrogens is 208 g/mol. The van der Waals surface area contributed by atoms with Gasteiger partial charge in [-0.2, -0.15) is 0 Å². The Bertz CT molecular complexity index is 244. The summed E-state index contributed by atoms with van der Waals surface area (Å²) in [5.41, 5.74) is 7.41. The highest BCUT2D eigenvalue weighted by Gasteiger charge is 2.24. The molecule has 1 aliphatic rings. The summed E-state index contributed by atoms with van der Waals surface area (Å²) in [5, 5.41) is 0. The number of piperidine rings is 1. The number of rotatable bonds is 4. The van der Waals surface area contributed by atoms with E-state index < -0.39 is 0 Å². The number of hydrogen-bond acceptors (Lipinski definition) is 2. The van der Waals surface area contributed by atoms with Gasteiger partial charge >= 0.3 is 0 Å². The van der Waals surface area contributed by atoms with Gasteiger partial charge < -0.3 is 10.6 Å². The molecule has 0 bridgehead atoms. The summed E-state index contributed by atoms with van der Waals surface area (Å²) in [4.78, 5) is 2.48. The SMILES string of the molecule is C=C(CC(C)(C)C)N1CCC(C(C)CN)CC1. The molecule has 2 nitrogen and oxygen atoms in total. The molecule has 2 heteroatoms. The normalized spacial score (nSPS) is 20.4. The van der Waals surface area contributed by atoms with Crippen LogP contribution in [0, 0.1) is 17.3 Å². The van der Waals surface area contributed by atoms with Crippen molar-refractivity contribution in [2.75, 3.05) is 19.6 Å². The van der Waals surface area contributed by atoms with Crippen molar-refractivity contribution in [2.24, 2.45) is 23.0 Å². The molecule has 1 aliphatic heterocycles. The molecule has 1 fully saturated rings. The predicted molar refractivity (Wildman–Crippen MR) is 75.7 cm³/mol. The number of allylic oxidation sites excluding steroid dienone is 1. The summed E-state index contributed by atoms with van der Waals surface area (Å²) in [6.45, 7) is 16.5. The molecule has 0 amide bonds. The summed E-state index contributed by atoms with van der Waals surface area (Å²) in [6.07, 6.45) is 3.66. The first-order chi connectivity index (χ1) is 7.83. The Kier molecular flexibility index (Phi) is 5.05. The number of likely N-dealkylation sites (tertiary alicyclic amines) is 1. The summed E-state index contributed by atoms with van der Waals surface area (Å²) in [6, 6.07) is 0. The van der Waals surface area contributed by atoms with Gasteiger partial charge in [0.2, 0.25) is 0 Å². The second kappa shape index (κ2) is 5.90. The summed E-state index contributed by atoms with van der Waals surface area (Å²) < 4.78 is 0. The Labute approximate surface area is 107 Å². The molecule has 2 N–H and O–H groups in total. The molecule has 100 valence electrons. The van der Waals surface area contributed by atoms with Crippen LogP contribution in [0.5, 0.6) is 0 Å². The van der Waals surface area contributed by atoms with E-state index in [4.69, 9.17) is 5.73 Å². The van der Waals surface area contributed by atoms with E-state index in [1.54, 1.807) is 0 Å². The molecule has 0 aromatic heterocycles. The van der Waals surface area contributed by atoms with E-state index in [2.05, 4.69) is 39.2 Å². The van der Waals surface area contributed by atoms with Crippen LogP contribution in [-0.2, 0) is 0 Å². The minimum atomic E-state index is 0.346. The topological polar surface area (TPSA) is 29.3 Å². The van der Waals surface area contributed by atoms with Crippen molar-refractivity contribution in [3.8, 4) is 0 Å². The van der Waals surface area contributed by atoms with Gasteiger partial charge in [-0.25, -0.2) is 0 Å². The lowest BCUT2D eigenvalue weighted by atomic mass is 9.84. The Balaban J connectivity index is 2.39. The Morgan fingerprint density at radius 2 is 1.88 bits per heavy atom. The zero-order valence-electron chi connectivity index (χ0n) is 12.1. The molecule has 0 aromatic carbocycles. The Morgan fingerprint density at radius 3 is 2.29 bits per heavy atom. The first-order valence-corrected chi connectivity index (χ1v) is 6.96. The number of hydrogen-bond donors (Lipinski definition) is 1. The molecule has 1 atom stereocenters. The lowest BCUT2D eigenvalue weighted by molar-refractivity contribution is 0.174. The highest BCUT2D eigenvalue weighted by molar-refractivity contribution is 4.99. The van der Waals surface area contributed by atoms with E-state index in [-0.39, 0.29) is 0 Å². The van der Waals surface area contributed by atoms with Crippen LogP contribution >= 0.6 is 0 Å². The third kappa shape index (κ3) is 4.71. The van der Waals surface area contributed by atoms with Crippen molar-refractivity contribution in [3.63, 3.8) is 0 Å². The van der Waals surface area contributed by atoms with Crippen LogP contribution < -0.4 is 5.73 Å². The number of nitrogens with zero attached hydrogens (tertiary/aromatic N) is 1. The maximum absolute atomic E-state index is 5.75. The molecule has 0 saturated carbocycles. The molecule has 1 saturated heterocycles. The maximum Gasteiger partial charge on any atom is 0.0177 e. The number of nitrogens with two attached hydrogens (primary N) is 1. The van der Waals surface area contributed by atoms with Gasteiger partial charge in [0.25, 0.3) is 0 Å². The highest BCUT2D eigenvalue weighted by Crippen LogP contribution is 2.30. The van der Waals surface area contributed by atoms with Crippen LogP contribution in [0.15, 0.2) is 12.3 Å². The standard InChI is InChI=1S/C15H30N2/c1-12(11-16)14-6-8-17(9-7-14)13(2)10-15(3,4)5/h12,14H,2,6-11,16H2,1,3-5H3. The van der Waals surface area contributed by atoms with Crippen molar-refractivity contribution in [1.82, 2.24) is 4.90 Å². The van der Waals surface area contributed by atoms with Crippen LogP contribution in [-0.4, -0.2) is 24.5 Å². The Hall–Kier alpha value is -0.500. The van der Waals surface area contributed by atoms with Crippen molar-refractivity contribution >= 4 is 0 Å². The van der Waals surface area contributed by atoms with Crippen molar-refractivity contribution in [2.45, 2.75) is 47.0 Å². The zero-order valence-corrected chi connectivity index (χ0v) is 12.1. The molecule has 17 heavy (non-hydrogen) atoms. The second-order valence-electron chi connectivity index (χ2n) is 6.84. The molecule has 1 unspecified atom stereocenters. The Morgan fingerprint density at radius 1 is 1.35 bits per heavy atom. The quantitative estimate of drug-likeness (QED) is 0.814. The maximum atomic E-state index is 5.75. The van der Waals surface area contributed by atoms with Gasteiger partial charge in [0.15, 0.2) is 0 Å². The average molecular weight is 238 g/mol. The summed E-state index contributed by atoms with van der Waals surface area (Å²) >= 11 is 0. The smallest absolute Gasteiger partial charge is 0.0177 e. The fraction of sp³-hybridized carbons (Fsp3) is 0.867. The molecule has 1 rings (SSSR count). The predicted octanol–water partition coefficient (Wildman–Crippen LogP) is 3.24. The third-order valence-electron chi connectivity index (χ3n) is 3.90. The van der Waals surface area contributed by atoms with Gasteiger partial charge in [0.1, 0.15) is 0 Å². The fourth-order valence-electron chi connectivity index (χ4n) is 2.70. The van der Waals surface area contributed by atoms with Crippen LogP contribution in [0.3, 0.4) is 0 Å². The summed E-state index contributed by atoms with van der Waals surface area (Å²) in [7, 11) is 0. The highest BCUT2D eigenvalue weighted by atomic mass is 15.1. The molecule has 0 spiro atoms. The van der Waals surface area contributed by atoms with Gasteiger partial charge in [-0.1, -0.05) is 34.3 Å². The second-order valence-corrected chi connectivity index (χ2v) is 6.84. The molecular formula is C15H30N2. The van der Waals surface area contributed by atoms with Gasteiger partial charge in [-0.3, -0.25) is 0 Å². The lowest BCUT2D eigenvalue weighted by Gasteiger charge is -2.38. The van der Waals surface area contributed by atoms with E-state index in [1.807, 2.05) is 0 Å². The molecule has 0 aliphatic carbocycles. The molecule has 0 radical (unpaired) electrons. The van der Waals surface area contributed by atoms with Crippen LogP contribution in [0.1, 0.15) is 47.0 Å². The third-order valence-corrected chi connectivity index (χ3v) is 3.90. The average Bonchev–Trinajstić information content (AvgIpc) is 2.26. The van der Waals surface area contributed by atoms with E-state index in [0.29, 0.717) is 11.3 Å². The zero-order chi connectivity index (χ0) is 13.1. The molecule has 0 aromatic rings. The minimum Gasteiger partial charge on any atom is -0.375 e. The van der Waals surface area contributed by atoms with E-state index in [9.17, 15) is 0 Å². The molecule has 1 heterocycles. The summed E-state index contributed by atoms with van der Waals surface area (Å²) in [5.74, 6) is 1.49. The largest absolute Gasteiger partial charge is 0.375 e. The van der Waals surface area contributed by atoms with E-state index in [1.165, 1.54) is 31.6 Å². The first kappa shape index (κ1) is 14.6. The van der Waals surface area contributed by atoms with Crippen molar-refractivity contribution in [3.05, 3.63) is 12.3 Å². The van der Waals surface area contributed by atoms with Crippen LogP contribution in [0.25, 0.3) is 0 Å². The van der Waals surface area contributed by atoms with Gasteiger partial charge in [-0.05, 0) is 43.1 Å².